The first-order valence-electron chi connectivity index (χ1n) is 3.17. The van der Waals surface area contributed by atoms with Crippen molar-refractivity contribution in [2.45, 2.75) is 19.1 Å². The third-order valence-electron chi connectivity index (χ3n) is 1.31. The lowest BCUT2D eigenvalue weighted by atomic mass is 10.3. The van der Waals surface area contributed by atoms with E-state index in [1.807, 2.05) is 0 Å². The van der Waals surface area contributed by atoms with Gasteiger partial charge >= 0.3 is 11.9 Å². The fourth-order valence-corrected chi connectivity index (χ4v) is 0.694. The Morgan fingerprint density at radius 2 is 2.00 bits per heavy atom. The highest BCUT2D eigenvalue weighted by Crippen LogP contribution is 2.08. The highest BCUT2D eigenvalue weighted by atomic mass is 16.6. The van der Waals surface area contributed by atoms with Gasteiger partial charge in [-0.25, -0.2) is 9.59 Å². The molecule has 0 amide bonds. The van der Waals surface area contributed by atoms with E-state index < -0.39 is 30.8 Å². The Morgan fingerprint density at radius 3 is 2.55 bits per heavy atom. The van der Waals surface area contributed by atoms with Gasteiger partial charge in [0.1, 0.15) is 0 Å². The second-order valence-electron chi connectivity index (χ2n) is 2.19. The molecule has 1 aliphatic rings. The van der Waals surface area contributed by atoms with Crippen molar-refractivity contribution in [3.05, 3.63) is 0 Å². The van der Waals surface area contributed by atoms with Crippen molar-refractivity contribution >= 4 is 11.9 Å². The molecule has 2 unspecified atom stereocenters. The molecule has 1 saturated heterocycles. The van der Waals surface area contributed by atoms with Crippen LogP contribution in [-0.4, -0.2) is 35.9 Å². The molecule has 0 aromatic heterocycles. The maximum Gasteiger partial charge on any atom is 0.350 e. The van der Waals surface area contributed by atoms with Crippen LogP contribution in [0.15, 0.2) is 0 Å². The van der Waals surface area contributed by atoms with Crippen molar-refractivity contribution in [2.75, 3.05) is 6.61 Å². The maximum atomic E-state index is 10.7. The van der Waals surface area contributed by atoms with Gasteiger partial charge in [-0.05, 0) is 6.92 Å². The summed E-state index contributed by atoms with van der Waals surface area (Å²) in [4.78, 5) is 21.4. The minimum absolute atomic E-state index is 0.530. The summed E-state index contributed by atoms with van der Waals surface area (Å²) < 4.78 is 9.02. The van der Waals surface area contributed by atoms with Crippen LogP contribution in [0.3, 0.4) is 0 Å². The number of carbonyl (C=O) groups is 2. The normalized spacial score (nSPS) is 31.1. The molecule has 1 rings (SSSR count). The van der Waals surface area contributed by atoms with E-state index in [9.17, 15) is 9.59 Å². The summed E-state index contributed by atoms with van der Waals surface area (Å²) in [5.41, 5.74) is 0. The topological polar surface area (TPSA) is 72.8 Å². The van der Waals surface area contributed by atoms with Gasteiger partial charge in [0.2, 0.25) is 6.10 Å². The van der Waals surface area contributed by atoms with E-state index in [0.717, 1.165) is 0 Å². The zero-order chi connectivity index (χ0) is 8.43. The van der Waals surface area contributed by atoms with Gasteiger partial charge in [0.05, 0.1) is 6.61 Å². The summed E-state index contributed by atoms with van der Waals surface area (Å²) in [7, 11) is 0. The minimum atomic E-state index is -1.14. The molecule has 1 N–H and O–H groups in total. The molecule has 0 aliphatic carbocycles. The zero-order valence-corrected chi connectivity index (χ0v) is 5.94. The van der Waals surface area contributed by atoms with Crippen molar-refractivity contribution in [1.82, 2.24) is 0 Å². The van der Waals surface area contributed by atoms with E-state index in [-0.39, 0.29) is 0 Å². The lowest BCUT2D eigenvalue weighted by molar-refractivity contribution is -0.195. The highest BCUT2D eigenvalue weighted by Gasteiger charge is 2.34. The van der Waals surface area contributed by atoms with Crippen LogP contribution in [0.5, 0.6) is 0 Å². The molecule has 1 fully saturated rings. The van der Waals surface area contributed by atoms with Crippen LogP contribution in [0.1, 0.15) is 6.92 Å². The summed E-state index contributed by atoms with van der Waals surface area (Å²) in [6.07, 6.45) is -2.00. The second kappa shape index (κ2) is 2.87. The third-order valence-corrected chi connectivity index (χ3v) is 1.31. The summed E-state index contributed by atoms with van der Waals surface area (Å²) in [6, 6.07) is 0. The largest absolute Gasteiger partial charge is 0.448 e. The molecular weight excluding hydrogens is 152 g/mol. The average molecular weight is 160 g/mol. The van der Waals surface area contributed by atoms with Crippen LogP contribution in [0, 0.1) is 0 Å². The fraction of sp³-hybridized carbons (Fsp3) is 0.667. The number of ether oxygens (including phenoxy) is 2. The Kier molecular flexibility index (Phi) is 2.09. The van der Waals surface area contributed by atoms with Crippen LogP contribution < -0.4 is 0 Å². The number of carbonyl (C=O) groups excluding carboxylic acids is 2. The number of hydrogen-bond acceptors (Lipinski definition) is 5. The van der Waals surface area contributed by atoms with E-state index in [1.165, 1.54) is 6.92 Å². The number of aliphatic hydroxyl groups is 1. The number of hydrogen-bond donors (Lipinski definition) is 1. The van der Waals surface area contributed by atoms with E-state index >= 15 is 0 Å². The third kappa shape index (κ3) is 1.48. The molecule has 0 saturated carbocycles. The molecule has 0 aromatic carbocycles. The standard InChI is InChI=1S/C6H8O5/c1-3-5(8)11-4(2-7)6(9)10-3/h3-4,7H,2H2,1H3. The quantitative estimate of drug-likeness (QED) is 0.489. The Labute approximate surface area is 62.9 Å². The monoisotopic (exact) mass is 160 g/mol. The SMILES string of the molecule is CC1OC(=O)C(CO)OC1=O. The van der Waals surface area contributed by atoms with Crippen LogP contribution >= 0.6 is 0 Å². The van der Waals surface area contributed by atoms with Crippen molar-refractivity contribution in [3.63, 3.8) is 0 Å². The van der Waals surface area contributed by atoms with Crippen molar-refractivity contribution in [3.8, 4) is 0 Å². The van der Waals surface area contributed by atoms with Crippen molar-refractivity contribution < 1.29 is 24.2 Å². The molecule has 1 aliphatic heterocycles. The molecule has 0 spiro atoms. The lowest BCUT2D eigenvalue weighted by Gasteiger charge is -2.23. The Bertz CT molecular complexity index is 187. The van der Waals surface area contributed by atoms with Gasteiger partial charge in [0.25, 0.3) is 0 Å². The minimum Gasteiger partial charge on any atom is -0.448 e. The molecular formula is C6H8O5. The van der Waals surface area contributed by atoms with Crippen molar-refractivity contribution in [2.24, 2.45) is 0 Å². The zero-order valence-electron chi connectivity index (χ0n) is 5.94. The van der Waals surface area contributed by atoms with E-state index in [0.29, 0.717) is 0 Å². The molecule has 0 aromatic rings. The second-order valence-corrected chi connectivity index (χ2v) is 2.19. The van der Waals surface area contributed by atoms with Crippen molar-refractivity contribution in [1.29, 1.82) is 0 Å². The molecule has 0 radical (unpaired) electrons. The van der Waals surface area contributed by atoms with Crippen LogP contribution in [0.2, 0.25) is 0 Å². The Balaban J connectivity index is 2.62. The van der Waals surface area contributed by atoms with Gasteiger partial charge in [-0.2, -0.15) is 0 Å². The van der Waals surface area contributed by atoms with E-state index in [4.69, 9.17) is 5.11 Å². The molecule has 0 bridgehead atoms. The highest BCUT2D eigenvalue weighted by molar-refractivity contribution is 5.87. The number of aliphatic hydroxyl groups excluding tert-OH is 1. The van der Waals surface area contributed by atoms with Gasteiger partial charge in [-0.3, -0.25) is 0 Å². The number of rotatable bonds is 1. The predicted octanol–water partition coefficient (Wildman–Crippen LogP) is -1.16. The summed E-state index contributed by atoms with van der Waals surface area (Å²) >= 11 is 0. The molecule has 5 heteroatoms. The molecule has 1 heterocycles. The first-order chi connectivity index (χ1) is 5.15. The molecule has 5 nitrogen and oxygen atoms in total. The maximum absolute atomic E-state index is 10.7. The van der Waals surface area contributed by atoms with E-state index in [1.54, 1.807) is 0 Å². The van der Waals surface area contributed by atoms with Gasteiger partial charge in [0.15, 0.2) is 6.10 Å². The Morgan fingerprint density at radius 1 is 1.36 bits per heavy atom. The Hall–Kier alpha value is -1.10. The van der Waals surface area contributed by atoms with Crippen LogP contribution in [0.25, 0.3) is 0 Å². The van der Waals surface area contributed by atoms with E-state index in [2.05, 4.69) is 9.47 Å². The fourth-order valence-electron chi connectivity index (χ4n) is 0.694. The smallest absolute Gasteiger partial charge is 0.350 e. The summed E-state index contributed by atoms with van der Waals surface area (Å²) in [6.45, 7) is 0.880. The van der Waals surface area contributed by atoms with Gasteiger partial charge in [0, 0.05) is 0 Å². The van der Waals surface area contributed by atoms with Gasteiger partial charge in [-0.15, -0.1) is 0 Å². The van der Waals surface area contributed by atoms with Crippen LogP contribution in [-0.2, 0) is 19.1 Å². The lowest BCUT2D eigenvalue weighted by Crippen LogP contribution is -2.44. The van der Waals surface area contributed by atoms with Gasteiger partial charge in [-0.1, -0.05) is 0 Å². The summed E-state index contributed by atoms with van der Waals surface area (Å²) in [5.74, 6) is -1.32. The number of cyclic esters (lactones) is 2. The van der Waals surface area contributed by atoms with Gasteiger partial charge < -0.3 is 14.6 Å². The molecule has 11 heavy (non-hydrogen) atoms. The first kappa shape index (κ1) is 8.00. The van der Waals surface area contributed by atoms with Crippen LogP contribution in [0.4, 0.5) is 0 Å². The molecule has 2 atom stereocenters. The first-order valence-corrected chi connectivity index (χ1v) is 3.17. The average Bonchev–Trinajstić information content (AvgIpc) is 1.97. The predicted molar refractivity (Wildman–Crippen MR) is 32.5 cm³/mol. The summed E-state index contributed by atoms with van der Waals surface area (Å²) in [5, 5.41) is 8.49. The number of esters is 2. The molecule has 62 valence electrons.